The van der Waals surface area contributed by atoms with Crippen LogP contribution in [-0.4, -0.2) is 35.8 Å². The van der Waals surface area contributed by atoms with Crippen molar-refractivity contribution in [2.24, 2.45) is 0 Å². The summed E-state index contributed by atoms with van der Waals surface area (Å²) in [5.41, 5.74) is 0.966. The first kappa shape index (κ1) is 17.7. The highest BCUT2D eigenvalue weighted by Crippen LogP contribution is 2.26. The van der Waals surface area contributed by atoms with Gasteiger partial charge >= 0.3 is 0 Å². The van der Waals surface area contributed by atoms with Crippen LogP contribution >= 0.6 is 0 Å². The summed E-state index contributed by atoms with van der Waals surface area (Å²) < 4.78 is 5.56. The maximum absolute atomic E-state index is 5.56. The molecule has 0 aliphatic carbocycles. The van der Waals surface area contributed by atoms with Crippen LogP contribution in [0.25, 0.3) is 0 Å². The summed E-state index contributed by atoms with van der Waals surface area (Å²) >= 11 is 0. The van der Waals surface area contributed by atoms with Gasteiger partial charge in [0.1, 0.15) is 17.5 Å². The molecule has 1 unspecified atom stereocenters. The summed E-state index contributed by atoms with van der Waals surface area (Å²) in [6, 6.07) is 0. The molecule has 120 valence electrons. The van der Waals surface area contributed by atoms with Crippen LogP contribution < -0.4 is 10.6 Å². The molecule has 0 fully saturated rings. The highest BCUT2D eigenvalue weighted by Gasteiger charge is 2.21. The topological polar surface area (TPSA) is 59.1 Å². The molecule has 1 atom stereocenters. The Kier molecular flexibility index (Phi) is 6.40. The molecule has 1 aromatic rings. The lowest BCUT2D eigenvalue weighted by Crippen LogP contribution is -2.23. The monoisotopic (exact) mass is 294 g/mol. The van der Waals surface area contributed by atoms with Gasteiger partial charge in [-0.3, -0.25) is 0 Å². The third kappa shape index (κ3) is 5.16. The number of anilines is 2. The Morgan fingerprint density at radius 1 is 1.10 bits per heavy atom. The van der Waals surface area contributed by atoms with Crippen LogP contribution in [0.1, 0.15) is 52.9 Å². The van der Waals surface area contributed by atoms with E-state index in [0.29, 0.717) is 0 Å². The van der Waals surface area contributed by atoms with Crippen LogP contribution in [0.15, 0.2) is 0 Å². The van der Waals surface area contributed by atoms with E-state index in [1.807, 2.05) is 13.8 Å². The van der Waals surface area contributed by atoms with Crippen molar-refractivity contribution in [2.45, 2.75) is 60.0 Å². The lowest BCUT2D eigenvalue weighted by molar-refractivity contribution is 0.0854. The minimum atomic E-state index is -0.0835. The van der Waals surface area contributed by atoms with Gasteiger partial charge < -0.3 is 15.4 Å². The van der Waals surface area contributed by atoms with Gasteiger partial charge in [0, 0.05) is 30.7 Å². The second-order valence-corrected chi connectivity index (χ2v) is 6.30. The van der Waals surface area contributed by atoms with E-state index in [2.05, 4.69) is 50.2 Å². The van der Waals surface area contributed by atoms with E-state index >= 15 is 0 Å². The molecule has 0 saturated carbocycles. The van der Waals surface area contributed by atoms with Crippen molar-refractivity contribution < 1.29 is 4.74 Å². The number of hydrogen-bond donors (Lipinski definition) is 2. The van der Waals surface area contributed by atoms with Gasteiger partial charge in [-0.2, -0.15) is 0 Å². The van der Waals surface area contributed by atoms with E-state index in [4.69, 9.17) is 9.72 Å². The van der Waals surface area contributed by atoms with Crippen LogP contribution in [0.2, 0.25) is 0 Å². The lowest BCUT2D eigenvalue weighted by atomic mass is 9.95. The van der Waals surface area contributed by atoms with Crippen LogP contribution in [0.5, 0.6) is 0 Å². The van der Waals surface area contributed by atoms with E-state index in [9.17, 15) is 0 Å². The summed E-state index contributed by atoms with van der Waals surface area (Å²) in [7, 11) is 0. The molecule has 2 N–H and O–H groups in total. The summed E-state index contributed by atoms with van der Waals surface area (Å²) in [6.45, 7) is 16.9. The highest BCUT2D eigenvalue weighted by atomic mass is 16.5. The zero-order valence-electron chi connectivity index (χ0n) is 14.5. The zero-order chi connectivity index (χ0) is 16.0. The van der Waals surface area contributed by atoms with Gasteiger partial charge in [0.25, 0.3) is 0 Å². The Morgan fingerprint density at radius 3 is 2.14 bits per heavy atom. The van der Waals surface area contributed by atoms with E-state index in [1.165, 1.54) is 0 Å². The second kappa shape index (κ2) is 7.59. The lowest BCUT2D eigenvalue weighted by Gasteiger charge is -2.22. The molecular formula is C16H30N4O. The van der Waals surface area contributed by atoms with Crippen LogP contribution in [-0.2, 0) is 10.2 Å². The maximum atomic E-state index is 5.56. The molecule has 0 spiro atoms. The quantitative estimate of drug-likeness (QED) is 0.807. The molecule has 0 aliphatic heterocycles. The first-order chi connectivity index (χ1) is 9.79. The smallest absolute Gasteiger partial charge is 0.138 e. The van der Waals surface area contributed by atoms with Gasteiger partial charge in [-0.05, 0) is 27.7 Å². The summed E-state index contributed by atoms with van der Waals surface area (Å²) in [5.74, 6) is 2.64. The van der Waals surface area contributed by atoms with Crippen molar-refractivity contribution in [3.8, 4) is 0 Å². The molecular weight excluding hydrogens is 264 g/mol. The molecule has 0 aromatic carbocycles. The molecule has 0 aliphatic rings. The Labute approximate surface area is 128 Å². The third-order valence-corrected chi connectivity index (χ3v) is 3.17. The first-order valence-corrected chi connectivity index (χ1v) is 7.78. The number of nitrogens with zero attached hydrogens (tertiary/aromatic N) is 2. The zero-order valence-corrected chi connectivity index (χ0v) is 14.5. The number of aromatic nitrogens is 2. The van der Waals surface area contributed by atoms with Crippen molar-refractivity contribution in [2.75, 3.05) is 30.3 Å². The van der Waals surface area contributed by atoms with Gasteiger partial charge in [-0.15, -0.1) is 0 Å². The Morgan fingerprint density at radius 2 is 1.67 bits per heavy atom. The van der Waals surface area contributed by atoms with E-state index in [0.717, 1.165) is 42.7 Å². The highest BCUT2D eigenvalue weighted by molar-refractivity contribution is 5.57. The molecule has 5 heteroatoms. The fraction of sp³-hybridized carbons (Fsp3) is 0.750. The van der Waals surface area contributed by atoms with Gasteiger partial charge in [0.05, 0.1) is 6.10 Å². The van der Waals surface area contributed by atoms with Crippen molar-refractivity contribution in [3.63, 3.8) is 0 Å². The molecule has 1 aromatic heterocycles. The predicted octanol–water partition coefficient (Wildman–Crippen LogP) is 3.35. The van der Waals surface area contributed by atoms with Crippen molar-refractivity contribution in [1.82, 2.24) is 9.97 Å². The molecule has 21 heavy (non-hydrogen) atoms. The normalized spacial score (nSPS) is 13.1. The number of rotatable bonds is 7. The summed E-state index contributed by atoms with van der Waals surface area (Å²) in [5, 5.41) is 6.71. The molecule has 1 heterocycles. The van der Waals surface area contributed by atoms with Crippen molar-refractivity contribution in [1.29, 1.82) is 0 Å². The number of ether oxygens (including phenoxy) is 1. The molecule has 0 amide bonds. The van der Waals surface area contributed by atoms with Crippen LogP contribution in [0.4, 0.5) is 11.6 Å². The third-order valence-electron chi connectivity index (χ3n) is 3.17. The first-order valence-electron chi connectivity index (χ1n) is 7.78. The van der Waals surface area contributed by atoms with Gasteiger partial charge in [0.15, 0.2) is 0 Å². The number of nitrogens with one attached hydrogen (secondary N) is 2. The van der Waals surface area contributed by atoms with Crippen molar-refractivity contribution >= 4 is 11.6 Å². The molecule has 5 nitrogen and oxygen atoms in total. The van der Waals surface area contributed by atoms with Crippen LogP contribution in [0, 0.1) is 6.92 Å². The SMILES string of the molecule is CCNc1nc(C(C)(C)C)nc(NCC(C)OCC)c1C. The van der Waals surface area contributed by atoms with Gasteiger partial charge in [0.2, 0.25) is 0 Å². The fourth-order valence-corrected chi connectivity index (χ4v) is 1.95. The number of hydrogen-bond acceptors (Lipinski definition) is 5. The fourth-order valence-electron chi connectivity index (χ4n) is 1.95. The average molecular weight is 294 g/mol. The Bertz CT molecular complexity index is 454. The van der Waals surface area contributed by atoms with E-state index < -0.39 is 0 Å². The minimum absolute atomic E-state index is 0.0835. The average Bonchev–Trinajstić information content (AvgIpc) is 2.39. The van der Waals surface area contributed by atoms with Crippen molar-refractivity contribution in [3.05, 3.63) is 11.4 Å². The predicted molar refractivity (Wildman–Crippen MR) is 89.2 cm³/mol. The van der Waals surface area contributed by atoms with E-state index in [-0.39, 0.29) is 11.5 Å². The van der Waals surface area contributed by atoms with Gasteiger partial charge in [-0.1, -0.05) is 20.8 Å². The van der Waals surface area contributed by atoms with Gasteiger partial charge in [-0.25, -0.2) is 9.97 Å². The standard InChI is InChI=1S/C16H30N4O/c1-8-17-13-12(4)14(18-10-11(3)21-9-2)20-15(19-13)16(5,6)7/h11H,8-10H2,1-7H3,(H2,17,18,19,20). The maximum Gasteiger partial charge on any atom is 0.138 e. The Balaban J connectivity index is 3.02. The minimum Gasteiger partial charge on any atom is -0.377 e. The molecule has 1 rings (SSSR count). The van der Waals surface area contributed by atoms with Crippen LogP contribution in [0.3, 0.4) is 0 Å². The second-order valence-electron chi connectivity index (χ2n) is 6.30. The molecule has 0 bridgehead atoms. The Hall–Kier alpha value is -1.36. The molecule has 0 saturated heterocycles. The largest absolute Gasteiger partial charge is 0.377 e. The molecule has 0 radical (unpaired) electrons. The summed E-state index contributed by atoms with van der Waals surface area (Å²) in [4.78, 5) is 9.36. The van der Waals surface area contributed by atoms with E-state index in [1.54, 1.807) is 0 Å². The summed E-state index contributed by atoms with van der Waals surface area (Å²) in [6.07, 6.45) is 0.157.